The molecule has 1 saturated carbocycles. The minimum Gasteiger partial charge on any atom is -0.506 e. The van der Waals surface area contributed by atoms with Crippen LogP contribution in [-0.4, -0.2) is 50.3 Å². The number of carbonyl (C=O) groups is 3. The number of halogens is 1. The van der Waals surface area contributed by atoms with Crippen LogP contribution < -0.4 is 16.2 Å². The van der Waals surface area contributed by atoms with Gasteiger partial charge in [-0.1, -0.05) is 42.6 Å². The van der Waals surface area contributed by atoms with E-state index in [1.807, 2.05) is 5.32 Å². The zero-order valence-corrected chi connectivity index (χ0v) is 17.7. The largest absolute Gasteiger partial charge is 0.506 e. The van der Waals surface area contributed by atoms with Gasteiger partial charge >= 0.3 is 5.97 Å². The smallest absolute Gasteiger partial charge is 0.322 e. The summed E-state index contributed by atoms with van der Waals surface area (Å²) in [6.45, 7) is -1.10. The molecule has 5 N–H and O–H groups in total. The van der Waals surface area contributed by atoms with Gasteiger partial charge in [0.15, 0.2) is 5.75 Å². The zero-order valence-electron chi connectivity index (χ0n) is 16.9. The number of carbonyl (C=O) groups excluding carboxylic acids is 2. The Morgan fingerprint density at radius 3 is 2.34 bits per heavy atom. The molecular formula is C21H22ClN3O7. The van der Waals surface area contributed by atoms with E-state index in [2.05, 4.69) is 5.32 Å². The molecule has 1 aromatic carbocycles. The molecule has 1 aliphatic rings. The molecule has 11 heteroatoms. The van der Waals surface area contributed by atoms with Crippen molar-refractivity contribution >= 4 is 29.4 Å². The summed E-state index contributed by atoms with van der Waals surface area (Å²) in [7, 11) is 0. The first-order chi connectivity index (χ1) is 15.2. The summed E-state index contributed by atoms with van der Waals surface area (Å²) in [4.78, 5) is 49.3. The van der Waals surface area contributed by atoms with Crippen LogP contribution in [0, 0.1) is 0 Å². The van der Waals surface area contributed by atoms with Crippen molar-refractivity contribution in [3.8, 4) is 11.6 Å². The minimum atomic E-state index is -1.36. The molecule has 0 aliphatic heterocycles. The molecule has 1 fully saturated rings. The van der Waals surface area contributed by atoms with Crippen molar-refractivity contribution in [1.82, 2.24) is 15.2 Å². The Morgan fingerprint density at radius 1 is 1.06 bits per heavy atom. The second-order valence-corrected chi connectivity index (χ2v) is 7.84. The summed E-state index contributed by atoms with van der Waals surface area (Å²) in [6, 6.07) is 6.28. The number of rotatable bonds is 7. The Balaban J connectivity index is 2.12. The fourth-order valence-corrected chi connectivity index (χ4v) is 3.82. The van der Waals surface area contributed by atoms with E-state index in [1.54, 1.807) is 24.3 Å². The number of benzene rings is 1. The van der Waals surface area contributed by atoms with Crippen LogP contribution in [0.3, 0.4) is 0 Å². The van der Waals surface area contributed by atoms with Gasteiger partial charge in [-0.3, -0.25) is 23.7 Å². The van der Waals surface area contributed by atoms with Crippen LogP contribution in [-0.2, 0) is 11.3 Å². The molecule has 1 aliphatic carbocycles. The standard InChI is InChI=1S/C21H22ClN3O7/c22-13-8-4-1-5-11(13)10-25-20(31)15(18(29)23-9-14(26)27)17(28)16(21(25)32)19(30)24-12-6-2-3-7-12/h1,4-5,8,12,28,31H,2-3,6-7,9-10H2,(H,23,29)(H,24,30)(H,26,27). The lowest BCUT2D eigenvalue weighted by Gasteiger charge is -2.18. The maximum Gasteiger partial charge on any atom is 0.322 e. The number of carboxylic acids is 1. The Kier molecular flexibility index (Phi) is 7.04. The lowest BCUT2D eigenvalue weighted by molar-refractivity contribution is -0.135. The highest BCUT2D eigenvalue weighted by atomic mass is 35.5. The van der Waals surface area contributed by atoms with Crippen molar-refractivity contribution in [3.63, 3.8) is 0 Å². The number of amides is 2. The molecule has 170 valence electrons. The second-order valence-electron chi connectivity index (χ2n) is 7.44. The number of hydrogen-bond acceptors (Lipinski definition) is 6. The van der Waals surface area contributed by atoms with E-state index in [-0.39, 0.29) is 17.6 Å². The van der Waals surface area contributed by atoms with Crippen molar-refractivity contribution in [2.45, 2.75) is 38.3 Å². The van der Waals surface area contributed by atoms with Gasteiger partial charge in [0, 0.05) is 11.1 Å². The highest BCUT2D eigenvalue weighted by molar-refractivity contribution is 6.31. The van der Waals surface area contributed by atoms with E-state index in [4.69, 9.17) is 16.7 Å². The topological polar surface area (TPSA) is 158 Å². The van der Waals surface area contributed by atoms with Crippen LogP contribution in [0.15, 0.2) is 29.1 Å². The van der Waals surface area contributed by atoms with E-state index in [0.29, 0.717) is 18.4 Å². The molecule has 0 saturated heterocycles. The summed E-state index contributed by atoms with van der Waals surface area (Å²) >= 11 is 6.14. The monoisotopic (exact) mass is 463 g/mol. The summed E-state index contributed by atoms with van der Waals surface area (Å²) in [5.41, 5.74) is -2.11. The van der Waals surface area contributed by atoms with Gasteiger partial charge in [-0.05, 0) is 24.5 Å². The molecular weight excluding hydrogens is 442 g/mol. The molecule has 0 bridgehead atoms. The lowest BCUT2D eigenvalue weighted by atomic mass is 10.1. The summed E-state index contributed by atoms with van der Waals surface area (Å²) < 4.78 is 0.736. The molecule has 1 heterocycles. The molecule has 0 spiro atoms. The Morgan fingerprint density at radius 2 is 1.72 bits per heavy atom. The molecule has 0 unspecified atom stereocenters. The number of carboxylic acid groups (broad SMARTS) is 1. The second kappa shape index (κ2) is 9.73. The van der Waals surface area contributed by atoms with Gasteiger partial charge in [0.25, 0.3) is 17.4 Å². The van der Waals surface area contributed by atoms with E-state index < -0.39 is 52.6 Å². The van der Waals surface area contributed by atoms with E-state index >= 15 is 0 Å². The van der Waals surface area contributed by atoms with Crippen LogP contribution in [0.2, 0.25) is 5.02 Å². The highest BCUT2D eigenvalue weighted by Gasteiger charge is 2.31. The van der Waals surface area contributed by atoms with Gasteiger partial charge in [0.2, 0.25) is 5.88 Å². The van der Waals surface area contributed by atoms with Crippen molar-refractivity contribution in [2.24, 2.45) is 0 Å². The summed E-state index contributed by atoms with van der Waals surface area (Å²) in [6.07, 6.45) is 3.24. The van der Waals surface area contributed by atoms with E-state index in [9.17, 15) is 29.4 Å². The maximum absolute atomic E-state index is 13.1. The van der Waals surface area contributed by atoms with Crippen molar-refractivity contribution < 1.29 is 29.7 Å². The Hall–Kier alpha value is -3.53. The number of aromatic hydroxyl groups is 2. The molecule has 32 heavy (non-hydrogen) atoms. The quantitative estimate of drug-likeness (QED) is 0.415. The normalized spacial score (nSPS) is 13.7. The maximum atomic E-state index is 13.1. The average Bonchev–Trinajstić information content (AvgIpc) is 3.24. The fourth-order valence-electron chi connectivity index (χ4n) is 3.63. The van der Waals surface area contributed by atoms with Gasteiger partial charge in [-0.15, -0.1) is 0 Å². The van der Waals surface area contributed by atoms with Crippen LogP contribution in [0.5, 0.6) is 11.6 Å². The minimum absolute atomic E-state index is 0.184. The van der Waals surface area contributed by atoms with E-state index in [1.165, 1.54) is 0 Å². The number of nitrogens with one attached hydrogen (secondary N) is 2. The number of pyridine rings is 1. The third-order valence-electron chi connectivity index (χ3n) is 5.24. The molecule has 2 aromatic rings. The first-order valence-electron chi connectivity index (χ1n) is 9.93. The van der Waals surface area contributed by atoms with Gasteiger partial charge in [-0.25, -0.2) is 0 Å². The van der Waals surface area contributed by atoms with Crippen LogP contribution >= 0.6 is 11.6 Å². The molecule has 1 aromatic heterocycles. The Bertz CT molecular complexity index is 1120. The Labute approximate surface area is 187 Å². The molecule has 0 atom stereocenters. The van der Waals surface area contributed by atoms with E-state index in [0.717, 1.165) is 17.4 Å². The third-order valence-corrected chi connectivity index (χ3v) is 5.61. The van der Waals surface area contributed by atoms with Gasteiger partial charge in [0.1, 0.15) is 17.7 Å². The summed E-state index contributed by atoms with van der Waals surface area (Å²) in [5.74, 6) is -5.36. The molecule has 10 nitrogen and oxygen atoms in total. The lowest BCUT2D eigenvalue weighted by Crippen LogP contribution is -2.39. The van der Waals surface area contributed by atoms with Crippen LogP contribution in [0.25, 0.3) is 0 Å². The van der Waals surface area contributed by atoms with Gasteiger partial charge in [-0.2, -0.15) is 0 Å². The number of nitrogens with zero attached hydrogens (tertiary/aromatic N) is 1. The van der Waals surface area contributed by atoms with Crippen LogP contribution in [0.4, 0.5) is 0 Å². The molecule has 3 rings (SSSR count). The molecule has 0 radical (unpaired) electrons. The SMILES string of the molecule is O=C(O)CNC(=O)c1c(O)c(C(=O)NC2CCCC2)c(=O)n(Cc2ccccc2Cl)c1O. The number of aromatic nitrogens is 1. The average molecular weight is 464 g/mol. The van der Waals surface area contributed by atoms with Crippen molar-refractivity contribution in [3.05, 3.63) is 56.3 Å². The third kappa shape index (κ3) is 4.86. The van der Waals surface area contributed by atoms with Crippen LogP contribution in [0.1, 0.15) is 52.0 Å². The first kappa shape index (κ1) is 23.1. The predicted octanol–water partition coefficient (Wildman–Crippen LogP) is 1.45. The summed E-state index contributed by atoms with van der Waals surface area (Å²) in [5, 5.41) is 35.0. The number of aliphatic carboxylic acids is 1. The number of hydrogen-bond donors (Lipinski definition) is 5. The van der Waals surface area contributed by atoms with Gasteiger partial charge < -0.3 is 26.0 Å². The molecule has 2 amide bonds. The van der Waals surface area contributed by atoms with Gasteiger partial charge in [0.05, 0.1) is 6.54 Å². The fraction of sp³-hybridized carbons (Fsp3) is 0.333. The zero-order chi connectivity index (χ0) is 23.4. The van der Waals surface area contributed by atoms with Crippen molar-refractivity contribution in [1.29, 1.82) is 0 Å². The highest BCUT2D eigenvalue weighted by Crippen LogP contribution is 2.30. The first-order valence-corrected chi connectivity index (χ1v) is 10.3. The van der Waals surface area contributed by atoms with Crippen molar-refractivity contribution in [2.75, 3.05) is 6.54 Å². The predicted molar refractivity (Wildman–Crippen MR) is 114 cm³/mol.